The third kappa shape index (κ3) is 4.73. The number of nitrogens with one attached hydrogen (secondary N) is 2. The Morgan fingerprint density at radius 3 is 2.60 bits per heavy atom. The smallest absolute Gasteiger partial charge is 0.259 e. The maximum atomic E-state index is 12.0. The van der Waals surface area contributed by atoms with Gasteiger partial charge < -0.3 is 15.5 Å². The summed E-state index contributed by atoms with van der Waals surface area (Å²) in [4.78, 5) is 12.0. The Balaban J connectivity index is 2.03. The van der Waals surface area contributed by atoms with E-state index >= 15 is 0 Å². The normalized spacial score (nSPS) is 11.2. The molecule has 0 aromatic heterocycles. The van der Waals surface area contributed by atoms with Gasteiger partial charge in [-0.05, 0) is 50.1 Å². The van der Waals surface area contributed by atoms with Crippen molar-refractivity contribution in [1.29, 1.82) is 0 Å². The van der Waals surface area contributed by atoms with Crippen LogP contribution in [0.4, 0.5) is 5.69 Å². The zero-order chi connectivity index (χ0) is 18.4. The molecule has 25 heavy (non-hydrogen) atoms. The molecule has 0 aliphatic heterocycles. The molecule has 1 amide bonds. The number of anilines is 1. The van der Waals surface area contributed by atoms with E-state index in [0.717, 1.165) is 11.3 Å². The van der Waals surface area contributed by atoms with Crippen LogP contribution in [0, 0.1) is 13.8 Å². The van der Waals surface area contributed by atoms with Crippen molar-refractivity contribution >= 4 is 17.3 Å². The Hall–Kier alpha value is -3.02. The van der Waals surface area contributed by atoms with Gasteiger partial charge in [-0.1, -0.05) is 19.1 Å². The quantitative estimate of drug-likeness (QED) is 0.480. The molecule has 2 rings (SSSR count). The van der Waals surface area contributed by atoms with Crippen LogP contribution in [0.15, 0.2) is 41.5 Å². The number of hydrogen-bond acceptors (Lipinski definition) is 5. The van der Waals surface area contributed by atoms with E-state index in [9.17, 15) is 15.0 Å². The van der Waals surface area contributed by atoms with Gasteiger partial charge in [-0.3, -0.25) is 4.79 Å². The second kappa shape index (κ2) is 8.19. The predicted octanol–water partition coefficient (Wildman–Crippen LogP) is 3.06. The number of phenolic OH excluding ortho intramolecular Hbond substituents is 2. The fourth-order valence-electron chi connectivity index (χ4n) is 2.36. The summed E-state index contributed by atoms with van der Waals surface area (Å²) in [5.74, 6) is -0.307. The van der Waals surface area contributed by atoms with E-state index in [2.05, 4.69) is 15.8 Å². The lowest BCUT2D eigenvalue weighted by Gasteiger charge is -2.11. The first kappa shape index (κ1) is 18.3. The van der Waals surface area contributed by atoms with E-state index in [1.165, 1.54) is 6.07 Å². The summed E-state index contributed by atoms with van der Waals surface area (Å²) >= 11 is 0. The van der Waals surface area contributed by atoms with Crippen molar-refractivity contribution < 1.29 is 15.0 Å². The minimum Gasteiger partial charge on any atom is -0.508 e. The van der Waals surface area contributed by atoms with Gasteiger partial charge in [-0.25, -0.2) is 5.43 Å². The van der Waals surface area contributed by atoms with E-state index in [1.807, 2.05) is 38.1 Å². The lowest BCUT2D eigenvalue weighted by molar-refractivity contribution is -0.119. The number of benzene rings is 2. The molecule has 0 unspecified atom stereocenters. The highest BCUT2D eigenvalue weighted by Crippen LogP contribution is 2.30. The molecule has 2 aromatic rings. The molecule has 0 aliphatic rings. The third-order valence-corrected chi connectivity index (χ3v) is 3.83. The number of nitrogens with zero attached hydrogens (tertiary/aromatic N) is 1. The van der Waals surface area contributed by atoms with Gasteiger partial charge in [0.05, 0.1) is 12.3 Å². The fraction of sp³-hybridized carbons (Fsp3) is 0.263. The fourth-order valence-corrected chi connectivity index (χ4v) is 2.36. The highest BCUT2D eigenvalue weighted by Gasteiger charge is 2.13. The first-order valence-electron chi connectivity index (χ1n) is 8.10. The SMILES string of the molecule is CC/C(=N\NC(=O)CNc1cccc(C)c1)c1ccc(O)c(C)c1O. The van der Waals surface area contributed by atoms with Gasteiger partial charge >= 0.3 is 0 Å². The average molecular weight is 341 g/mol. The summed E-state index contributed by atoms with van der Waals surface area (Å²) in [6.45, 7) is 5.56. The lowest BCUT2D eigenvalue weighted by Crippen LogP contribution is -2.27. The summed E-state index contributed by atoms with van der Waals surface area (Å²) in [6.07, 6.45) is 0.517. The van der Waals surface area contributed by atoms with E-state index in [-0.39, 0.29) is 24.0 Å². The topological polar surface area (TPSA) is 94.0 Å². The first-order valence-corrected chi connectivity index (χ1v) is 8.10. The molecule has 6 nitrogen and oxygen atoms in total. The lowest BCUT2D eigenvalue weighted by atomic mass is 10.0. The summed E-state index contributed by atoms with van der Waals surface area (Å²) in [7, 11) is 0. The minimum absolute atomic E-state index is 0.0168. The standard InChI is InChI=1S/C19H23N3O3/c1-4-16(15-8-9-17(23)13(3)19(15)25)21-22-18(24)11-20-14-7-5-6-12(2)10-14/h5-10,20,23,25H,4,11H2,1-3H3,(H,22,24)/b21-16+. The Morgan fingerprint density at radius 2 is 1.92 bits per heavy atom. The predicted molar refractivity (Wildman–Crippen MR) is 99.1 cm³/mol. The number of hydrogen-bond donors (Lipinski definition) is 4. The van der Waals surface area contributed by atoms with Crippen LogP contribution in [0.5, 0.6) is 11.5 Å². The summed E-state index contributed by atoms with van der Waals surface area (Å²) in [5.41, 5.74) is 5.86. The second-order valence-corrected chi connectivity index (χ2v) is 5.78. The van der Waals surface area contributed by atoms with Gasteiger partial charge in [-0.15, -0.1) is 0 Å². The van der Waals surface area contributed by atoms with Gasteiger partial charge in [0.15, 0.2) is 0 Å². The molecular weight excluding hydrogens is 318 g/mol. The molecule has 2 aromatic carbocycles. The number of hydrazone groups is 1. The zero-order valence-corrected chi connectivity index (χ0v) is 14.6. The van der Waals surface area contributed by atoms with Gasteiger partial charge in [0, 0.05) is 16.8 Å². The number of carbonyl (C=O) groups excluding carboxylic acids is 1. The Morgan fingerprint density at radius 1 is 1.16 bits per heavy atom. The Bertz CT molecular complexity index is 800. The largest absolute Gasteiger partial charge is 0.508 e. The molecule has 0 spiro atoms. The molecule has 0 radical (unpaired) electrons. The van der Waals surface area contributed by atoms with Crippen LogP contribution < -0.4 is 10.7 Å². The van der Waals surface area contributed by atoms with E-state index in [0.29, 0.717) is 23.3 Å². The number of rotatable bonds is 6. The van der Waals surface area contributed by atoms with Gasteiger partial charge in [0.1, 0.15) is 11.5 Å². The molecule has 4 N–H and O–H groups in total. The molecule has 132 valence electrons. The summed E-state index contributed by atoms with van der Waals surface area (Å²) < 4.78 is 0. The highest BCUT2D eigenvalue weighted by molar-refractivity contribution is 6.03. The van der Waals surface area contributed by atoms with Crippen molar-refractivity contribution in [1.82, 2.24) is 5.43 Å². The van der Waals surface area contributed by atoms with Crippen molar-refractivity contribution in [2.45, 2.75) is 27.2 Å². The minimum atomic E-state index is -0.289. The Kier molecular flexibility index (Phi) is 6.00. The molecule has 0 heterocycles. The zero-order valence-electron chi connectivity index (χ0n) is 14.6. The molecule has 0 saturated heterocycles. The number of phenols is 2. The maximum Gasteiger partial charge on any atom is 0.259 e. The summed E-state index contributed by atoms with van der Waals surface area (Å²) in [6, 6.07) is 10.8. The van der Waals surface area contributed by atoms with Crippen LogP contribution in [-0.4, -0.2) is 28.4 Å². The number of carbonyl (C=O) groups is 1. The van der Waals surface area contributed by atoms with Crippen LogP contribution in [0.1, 0.15) is 30.0 Å². The maximum absolute atomic E-state index is 12.0. The molecular formula is C19H23N3O3. The second-order valence-electron chi connectivity index (χ2n) is 5.78. The van der Waals surface area contributed by atoms with Gasteiger partial charge in [-0.2, -0.15) is 5.10 Å². The number of aryl methyl sites for hydroxylation is 1. The van der Waals surface area contributed by atoms with E-state index < -0.39 is 0 Å². The summed E-state index contributed by atoms with van der Waals surface area (Å²) in [5, 5.41) is 26.9. The highest BCUT2D eigenvalue weighted by atomic mass is 16.3. The van der Waals surface area contributed by atoms with Gasteiger partial charge in [0.25, 0.3) is 5.91 Å². The molecule has 0 atom stereocenters. The van der Waals surface area contributed by atoms with Crippen LogP contribution >= 0.6 is 0 Å². The van der Waals surface area contributed by atoms with Crippen molar-refractivity contribution in [2.24, 2.45) is 5.10 Å². The van der Waals surface area contributed by atoms with Crippen molar-refractivity contribution in [3.63, 3.8) is 0 Å². The third-order valence-electron chi connectivity index (χ3n) is 3.83. The first-order chi connectivity index (χ1) is 11.9. The van der Waals surface area contributed by atoms with Crippen LogP contribution in [0.3, 0.4) is 0 Å². The molecule has 0 aliphatic carbocycles. The van der Waals surface area contributed by atoms with Crippen molar-refractivity contribution in [2.75, 3.05) is 11.9 Å². The number of aromatic hydroxyl groups is 2. The Labute approximate surface area is 147 Å². The average Bonchev–Trinajstić information content (AvgIpc) is 2.60. The van der Waals surface area contributed by atoms with Crippen LogP contribution in [0.25, 0.3) is 0 Å². The van der Waals surface area contributed by atoms with Crippen molar-refractivity contribution in [3.05, 3.63) is 53.1 Å². The van der Waals surface area contributed by atoms with Crippen molar-refractivity contribution in [3.8, 4) is 11.5 Å². The van der Waals surface area contributed by atoms with Gasteiger partial charge in [0.2, 0.25) is 0 Å². The monoisotopic (exact) mass is 341 g/mol. The molecule has 0 fully saturated rings. The molecule has 6 heteroatoms. The number of amides is 1. The van der Waals surface area contributed by atoms with Crippen LogP contribution in [0.2, 0.25) is 0 Å². The van der Waals surface area contributed by atoms with E-state index in [1.54, 1.807) is 13.0 Å². The van der Waals surface area contributed by atoms with E-state index in [4.69, 9.17) is 0 Å². The van der Waals surface area contributed by atoms with Crippen LogP contribution in [-0.2, 0) is 4.79 Å². The molecule has 0 bridgehead atoms. The molecule has 0 saturated carbocycles.